The fraction of sp³-hybridized carbons (Fsp3) is 0.308. The Morgan fingerprint density at radius 3 is 3.03 bits per heavy atom. The number of rotatable bonds is 7. The molecular weight excluding hydrogens is 483 g/mol. The van der Waals surface area contributed by atoms with Crippen molar-refractivity contribution in [2.24, 2.45) is 5.92 Å². The number of anilines is 1. The lowest BCUT2D eigenvalue weighted by molar-refractivity contribution is 0.0676. The number of pyridine rings is 1. The summed E-state index contributed by atoms with van der Waals surface area (Å²) in [4.78, 5) is 31.0. The van der Waals surface area contributed by atoms with E-state index in [1.165, 1.54) is 0 Å². The average molecular weight is 509 g/mol. The largest absolute Gasteiger partial charge is 0.493 e. The zero-order valence-electron chi connectivity index (χ0n) is 19.8. The van der Waals surface area contributed by atoms with Crippen molar-refractivity contribution in [2.45, 2.75) is 19.8 Å². The molecule has 5 rings (SSSR count). The van der Waals surface area contributed by atoms with Crippen molar-refractivity contribution in [1.29, 1.82) is 0 Å². The Bertz CT molecular complexity index is 1390. The van der Waals surface area contributed by atoms with Gasteiger partial charge in [-0.1, -0.05) is 23.7 Å². The van der Waals surface area contributed by atoms with E-state index in [4.69, 9.17) is 16.3 Å². The summed E-state index contributed by atoms with van der Waals surface area (Å²) in [6.45, 7) is 4.11. The molecule has 186 valence electrons. The molecule has 1 fully saturated rings. The monoisotopic (exact) mass is 508 g/mol. The number of ether oxygens (including phenoxy) is 1. The fourth-order valence-electron chi connectivity index (χ4n) is 4.54. The lowest BCUT2D eigenvalue weighted by atomic mass is 9.97. The van der Waals surface area contributed by atoms with Crippen LogP contribution in [0.2, 0.25) is 5.02 Å². The van der Waals surface area contributed by atoms with Gasteiger partial charge in [-0.2, -0.15) is 0 Å². The van der Waals surface area contributed by atoms with Crippen LogP contribution in [0.3, 0.4) is 0 Å². The van der Waals surface area contributed by atoms with Crippen molar-refractivity contribution in [2.75, 3.05) is 31.6 Å². The second kappa shape index (κ2) is 10.5. The second-order valence-electron chi connectivity index (χ2n) is 8.71. The van der Waals surface area contributed by atoms with Crippen LogP contribution in [0.15, 0.2) is 48.9 Å². The van der Waals surface area contributed by atoms with E-state index >= 15 is 0 Å². The van der Waals surface area contributed by atoms with Gasteiger partial charge in [0.2, 0.25) is 0 Å². The van der Waals surface area contributed by atoms with Gasteiger partial charge in [0, 0.05) is 43.0 Å². The van der Waals surface area contributed by atoms with Crippen molar-refractivity contribution in [3.63, 3.8) is 0 Å². The number of carbonyl (C=O) groups is 1. The van der Waals surface area contributed by atoms with Crippen LogP contribution in [0.4, 0.5) is 10.2 Å². The minimum atomic E-state index is -0.538. The van der Waals surface area contributed by atoms with E-state index in [9.17, 15) is 9.18 Å². The number of amides is 1. The molecule has 1 saturated heterocycles. The minimum absolute atomic E-state index is 0.0501. The minimum Gasteiger partial charge on any atom is -0.493 e. The molecule has 4 heterocycles. The summed E-state index contributed by atoms with van der Waals surface area (Å²) in [5, 5.41) is 4.38. The molecular formula is C26H26ClFN6O2. The smallest absolute Gasteiger partial charge is 0.257 e. The van der Waals surface area contributed by atoms with Gasteiger partial charge in [0.05, 0.1) is 23.4 Å². The number of para-hydroxylation sites is 1. The summed E-state index contributed by atoms with van der Waals surface area (Å²) in [6, 6.07) is 9.07. The third-order valence-electron chi connectivity index (χ3n) is 6.26. The number of fused-ring (bicyclic) bond motifs is 1. The van der Waals surface area contributed by atoms with E-state index in [0.29, 0.717) is 59.6 Å². The summed E-state index contributed by atoms with van der Waals surface area (Å²) in [5.41, 5.74) is 1.90. The Hall–Kier alpha value is -3.72. The van der Waals surface area contributed by atoms with Crippen LogP contribution in [-0.4, -0.2) is 57.0 Å². The van der Waals surface area contributed by atoms with Crippen LogP contribution in [0.5, 0.6) is 5.75 Å². The van der Waals surface area contributed by atoms with Gasteiger partial charge in [-0.25, -0.2) is 19.3 Å². The lowest BCUT2D eigenvalue weighted by Gasteiger charge is -2.33. The predicted molar refractivity (Wildman–Crippen MR) is 137 cm³/mol. The fourth-order valence-corrected chi connectivity index (χ4v) is 4.69. The standard InChI is InChI=1S/C26H26ClFN6O2/c1-2-36-22-8-4-3-7-18(22)26(35)34-9-5-6-16(15-34)11-29-25-21(28)14-32-24(33-25)20-13-31-23-19(20)10-17(27)12-30-23/h3-4,7-8,10,12-14,16H,2,5-6,9,11,15H2,1H3,(H,30,31)(H,29,32,33)/t16-/m0/s1. The number of piperidine rings is 1. The Morgan fingerprint density at radius 2 is 2.17 bits per heavy atom. The highest BCUT2D eigenvalue weighted by molar-refractivity contribution is 6.31. The molecule has 0 bridgehead atoms. The van der Waals surface area contributed by atoms with E-state index in [2.05, 4.69) is 25.3 Å². The number of benzene rings is 1. The molecule has 1 aromatic carbocycles. The van der Waals surface area contributed by atoms with Crippen molar-refractivity contribution in [3.8, 4) is 17.1 Å². The van der Waals surface area contributed by atoms with Gasteiger partial charge < -0.3 is 19.9 Å². The number of carbonyl (C=O) groups excluding carboxylic acids is 1. The zero-order valence-corrected chi connectivity index (χ0v) is 20.6. The lowest BCUT2D eigenvalue weighted by Crippen LogP contribution is -2.42. The van der Waals surface area contributed by atoms with E-state index in [1.807, 2.05) is 30.0 Å². The predicted octanol–water partition coefficient (Wildman–Crippen LogP) is 5.18. The van der Waals surface area contributed by atoms with E-state index < -0.39 is 5.82 Å². The average Bonchev–Trinajstić information content (AvgIpc) is 3.31. The zero-order chi connectivity index (χ0) is 25.1. The molecule has 2 N–H and O–H groups in total. The molecule has 4 aromatic rings. The molecule has 0 saturated carbocycles. The first-order valence-corrected chi connectivity index (χ1v) is 12.3. The molecule has 3 aromatic heterocycles. The van der Waals surface area contributed by atoms with E-state index in [-0.39, 0.29) is 17.6 Å². The highest BCUT2D eigenvalue weighted by Gasteiger charge is 2.26. The maximum Gasteiger partial charge on any atom is 0.257 e. The summed E-state index contributed by atoms with van der Waals surface area (Å²) in [6.07, 6.45) is 6.24. The number of nitrogens with zero attached hydrogens (tertiary/aromatic N) is 4. The van der Waals surface area contributed by atoms with Crippen molar-refractivity contribution < 1.29 is 13.9 Å². The van der Waals surface area contributed by atoms with Gasteiger partial charge in [-0.05, 0) is 43.9 Å². The van der Waals surface area contributed by atoms with Crippen LogP contribution < -0.4 is 10.1 Å². The Balaban J connectivity index is 1.29. The Morgan fingerprint density at radius 1 is 1.31 bits per heavy atom. The van der Waals surface area contributed by atoms with Crippen molar-refractivity contribution in [3.05, 3.63) is 65.3 Å². The van der Waals surface area contributed by atoms with E-state index in [1.54, 1.807) is 24.5 Å². The van der Waals surface area contributed by atoms with E-state index in [0.717, 1.165) is 24.4 Å². The third-order valence-corrected chi connectivity index (χ3v) is 6.47. The molecule has 1 aliphatic rings. The number of halogens is 2. The molecule has 10 heteroatoms. The van der Waals surface area contributed by atoms with Gasteiger partial charge >= 0.3 is 0 Å². The van der Waals surface area contributed by atoms with Gasteiger partial charge in [-0.15, -0.1) is 0 Å². The van der Waals surface area contributed by atoms with Crippen LogP contribution in [0.25, 0.3) is 22.4 Å². The second-order valence-corrected chi connectivity index (χ2v) is 9.15. The van der Waals surface area contributed by atoms with Crippen LogP contribution in [-0.2, 0) is 0 Å². The number of H-pyrrole nitrogens is 1. The quantitative estimate of drug-likeness (QED) is 0.357. The normalized spacial score (nSPS) is 15.8. The topological polar surface area (TPSA) is 96.0 Å². The molecule has 0 unspecified atom stereocenters. The highest BCUT2D eigenvalue weighted by atomic mass is 35.5. The van der Waals surface area contributed by atoms with Gasteiger partial charge in [0.1, 0.15) is 11.4 Å². The summed E-state index contributed by atoms with van der Waals surface area (Å²) < 4.78 is 20.2. The first kappa shape index (κ1) is 24.0. The number of hydrogen-bond acceptors (Lipinski definition) is 6. The van der Waals surface area contributed by atoms with Crippen LogP contribution in [0, 0.1) is 11.7 Å². The van der Waals surface area contributed by atoms with Crippen molar-refractivity contribution >= 4 is 34.4 Å². The summed E-state index contributed by atoms with van der Waals surface area (Å²) in [7, 11) is 0. The van der Waals surface area contributed by atoms with Gasteiger partial charge in [-0.3, -0.25) is 4.79 Å². The highest BCUT2D eigenvalue weighted by Crippen LogP contribution is 2.29. The number of nitrogens with one attached hydrogen (secondary N) is 2. The maximum atomic E-state index is 14.6. The van der Waals surface area contributed by atoms with Crippen LogP contribution >= 0.6 is 11.6 Å². The SMILES string of the molecule is CCOc1ccccc1C(=O)N1CCC[C@@H](CNc2nc(-c3c[nH]c4ncc(Cl)cc34)ncc2F)C1. The third kappa shape index (κ3) is 4.97. The first-order valence-electron chi connectivity index (χ1n) is 11.9. The number of aromatic nitrogens is 4. The molecule has 0 aliphatic carbocycles. The van der Waals surface area contributed by atoms with Crippen molar-refractivity contribution in [1.82, 2.24) is 24.8 Å². The molecule has 1 aliphatic heterocycles. The van der Waals surface area contributed by atoms with Gasteiger partial charge in [0.15, 0.2) is 17.5 Å². The molecule has 36 heavy (non-hydrogen) atoms. The first-order chi connectivity index (χ1) is 17.5. The number of likely N-dealkylation sites (tertiary alicyclic amines) is 1. The number of hydrogen-bond donors (Lipinski definition) is 2. The Kier molecular flexibility index (Phi) is 6.99. The molecule has 1 amide bonds. The molecule has 1 atom stereocenters. The molecule has 0 radical (unpaired) electrons. The molecule has 0 spiro atoms. The Labute approximate surface area is 212 Å². The van der Waals surface area contributed by atoms with Crippen LogP contribution in [0.1, 0.15) is 30.1 Å². The summed E-state index contributed by atoms with van der Waals surface area (Å²) in [5.74, 6) is 0.636. The maximum absolute atomic E-state index is 14.6. The summed E-state index contributed by atoms with van der Waals surface area (Å²) >= 11 is 6.10. The number of aromatic amines is 1. The van der Waals surface area contributed by atoms with Gasteiger partial charge in [0.25, 0.3) is 5.91 Å². The molecule has 8 nitrogen and oxygen atoms in total.